The number of hydrogen-bond acceptors (Lipinski definition) is 7. The van der Waals surface area contributed by atoms with Crippen LogP contribution in [0.5, 0.6) is 11.5 Å². The third-order valence-corrected chi connectivity index (χ3v) is 5.12. The number of methoxy groups -OCH3 is 2. The number of carbonyl (C=O) groups excluding carboxylic acids is 1. The van der Waals surface area contributed by atoms with Crippen molar-refractivity contribution in [2.45, 2.75) is 6.18 Å². The summed E-state index contributed by atoms with van der Waals surface area (Å²) in [6.45, 7) is -0.200. The molecule has 3 rings (SSSR count). The maximum atomic E-state index is 12.9. The second kappa shape index (κ2) is 10.7. The van der Waals surface area contributed by atoms with E-state index in [1.807, 2.05) is 0 Å². The summed E-state index contributed by atoms with van der Waals surface area (Å²) in [5.74, 6) is 0.327. The molecule has 0 saturated heterocycles. The molecule has 1 amide bonds. The zero-order valence-electron chi connectivity index (χ0n) is 17.8. The number of ether oxygens (including phenoxy) is 2. The lowest BCUT2D eigenvalue weighted by molar-refractivity contribution is -0.137. The van der Waals surface area contributed by atoms with Crippen LogP contribution in [0.2, 0.25) is 10.0 Å². The van der Waals surface area contributed by atoms with Crippen LogP contribution in [0.1, 0.15) is 5.56 Å². The molecule has 8 nitrogen and oxygen atoms in total. The summed E-state index contributed by atoms with van der Waals surface area (Å²) in [5, 5.41) is 8.51. The molecule has 0 aliphatic carbocycles. The molecule has 3 aromatic rings. The highest BCUT2D eigenvalue weighted by atomic mass is 35.5. The number of alkyl halides is 3. The number of amides is 1. The summed E-state index contributed by atoms with van der Waals surface area (Å²) >= 11 is 12.4. The maximum Gasteiger partial charge on any atom is 0.416 e. The molecule has 13 heteroatoms. The predicted molar refractivity (Wildman–Crippen MR) is 123 cm³/mol. The fourth-order valence-corrected chi connectivity index (χ4v) is 3.47. The summed E-state index contributed by atoms with van der Waals surface area (Å²) in [5.41, 5.74) is -0.280. The Balaban J connectivity index is 1.66. The minimum absolute atomic E-state index is 0.133. The summed E-state index contributed by atoms with van der Waals surface area (Å²) in [6, 6.07) is 7.52. The molecule has 34 heavy (non-hydrogen) atoms. The number of nitrogens with zero attached hydrogens (tertiary/aromatic N) is 2. The van der Waals surface area contributed by atoms with Crippen molar-refractivity contribution < 1.29 is 27.4 Å². The summed E-state index contributed by atoms with van der Waals surface area (Å²) in [7, 11) is 2.81. The number of rotatable bonds is 8. The Morgan fingerprint density at radius 3 is 2.44 bits per heavy atom. The van der Waals surface area contributed by atoms with Crippen molar-refractivity contribution in [3.63, 3.8) is 0 Å². The van der Waals surface area contributed by atoms with Gasteiger partial charge in [-0.05, 0) is 18.2 Å². The maximum absolute atomic E-state index is 12.9. The van der Waals surface area contributed by atoms with Crippen LogP contribution in [0.15, 0.2) is 42.7 Å². The number of carbonyl (C=O) groups is 1. The van der Waals surface area contributed by atoms with Gasteiger partial charge in [-0.3, -0.25) is 4.79 Å². The van der Waals surface area contributed by atoms with Crippen LogP contribution in [0.4, 0.5) is 36.2 Å². The third kappa shape index (κ3) is 6.12. The van der Waals surface area contributed by atoms with E-state index in [9.17, 15) is 18.0 Å². The number of benzene rings is 2. The summed E-state index contributed by atoms with van der Waals surface area (Å²) < 4.78 is 49.1. The zero-order chi connectivity index (χ0) is 24.9. The fraction of sp³-hybridized carbons (Fsp3) is 0.190. The van der Waals surface area contributed by atoms with Crippen LogP contribution in [-0.2, 0) is 11.0 Å². The normalized spacial score (nSPS) is 11.0. The lowest BCUT2D eigenvalue weighted by Crippen LogP contribution is -2.22. The molecule has 0 radical (unpaired) electrons. The van der Waals surface area contributed by atoms with E-state index in [2.05, 4.69) is 25.9 Å². The molecule has 0 unspecified atom stereocenters. The van der Waals surface area contributed by atoms with Crippen molar-refractivity contribution in [2.24, 2.45) is 0 Å². The van der Waals surface area contributed by atoms with Gasteiger partial charge in [-0.15, -0.1) is 0 Å². The average Bonchev–Trinajstić information content (AvgIpc) is 2.79. The Labute approximate surface area is 202 Å². The van der Waals surface area contributed by atoms with Gasteiger partial charge >= 0.3 is 6.18 Å². The van der Waals surface area contributed by atoms with Crippen LogP contribution < -0.4 is 25.4 Å². The van der Waals surface area contributed by atoms with Gasteiger partial charge < -0.3 is 25.4 Å². The second-order valence-electron chi connectivity index (χ2n) is 6.68. The van der Waals surface area contributed by atoms with Gasteiger partial charge in [0.15, 0.2) is 5.75 Å². The molecule has 1 heterocycles. The molecule has 3 N–H and O–H groups in total. The van der Waals surface area contributed by atoms with Gasteiger partial charge in [0.1, 0.15) is 33.8 Å². The molecule has 0 aliphatic rings. The molecular formula is C21H18Cl2F3N5O3. The Hall–Kier alpha value is -3.44. The van der Waals surface area contributed by atoms with E-state index < -0.39 is 17.6 Å². The SMILES string of the molecule is COc1cc(NCC(=O)Nc2cc(Nc3cccc(C(F)(F)F)c3)ncn2)c(Cl)c(OC)c1Cl. The van der Waals surface area contributed by atoms with Gasteiger partial charge in [0, 0.05) is 17.8 Å². The monoisotopic (exact) mass is 515 g/mol. The summed E-state index contributed by atoms with van der Waals surface area (Å²) in [6.07, 6.45) is -3.32. The number of halogens is 5. The number of nitrogens with one attached hydrogen (secondary N) is 3. The number of aromatic nitrogens is 2. The van der Waals surface area contributed by atoms with Gasteiger partial charge in [-0.25, -0.2) is 9.97 Å². The van der Waals surface area contributed by atoms with E-state index in [1.54, 1.807) is 0 Å². The van der Waals surface area contributed by atoms with Gasteiger partial charge in [-0.2, -0.15) is 13.2 Å². The fourth-order valence-electron chi connectivity index (χ4n) is 2.82. The first-order chi connectivity index (χ1) is 16.1. The Morgan fingerprint density at radius 1 is 1.03 bits per heavy atom. The van der Waals surface area contributed by atoms with Gasteiger partial charge in [0.05, 0.1) is 32.0 Å². The molecule has 2 aromatic carbocycles. The van der Waals surface area contributed by atoms with E-state index in [4.69, 9.17) is 32.7 Å². The molecule has 0 bridgehead atoms. The van der Waals surface area contributed by atoms with Crippen molar-refractivity contribution in [3.05, 3.63) is 58.3 Å². The molecule has 0 saturated carbocycles. The van der Waals surface area contributed by atoms with Crippen molar-refractivity contribution >= 4 is 52.1 Å². The van der Waals surface area contributed by atoms with Crippen molar-refractivity contribution in [2.75, 3.05) is 36.7 Å². The van der Waals surface area contributed by atoms with Crippen LogP contribution >= 0.6 is 23.2 Å². The van der Waals surface area contributed by atoms with Crippen molar-refractivity contribution in [1.82, 2.24) is 9.97 Å². The largest absolute Gasteiger partial charge is 0.495 e. The van der Waals surface area contributed by atoms with E-state index in [0.29, 0.717) is 11.4 Å². The average molecular weight is 516 g/mol. The predicted octanol–water partition coefficient (Wildman–Crippen LogP) is 5.61. The minimum Gasteiger partial charge on any atom is -0.495 e. The number of hydrogen-bond donors (Lipinski definition) is 3. The highest BCUT2D eigenvalue weighted by Crippen LogP contribution is 2.44. The Morgan fingerprint density at radius 2 is 1.76 bits per heavy atom. The Bertz CT molecular complexity index is 1190. The first-order valence-corrected chi connectivity index (χ1v) is 10.3. The molecule has 0 aliphatic heterocycles. The second-order valence-corrected chi connectivity index (χ2v) is 7.44. The first kappa shape index (κ1) is 25.2. The van der Waals surface area contributed by atoms with E-state index in [0.717, 1.165) is 18.5 Å². The van der Waals surface area contributed by atoms with Crippen LogP contribution in [0.25, 0.3) is 0 Å². The molecular weight excluding hydrogens is 498 g/mol. The van der Waals surface area contributed by atoms with Gasteiger partial charge in [0.2, 0.25) is 5.91 Å². The van der Waals surface area contributed by atoms with Gasteiger partial charge in [0.25, 0.3) is 0 Å². The molecule has 0 spiro atoms. The zero-order valence-corrected chi connectivity index (χ0v) is 19.3. The molecule has 0 fully saturated rings. The Kier molecular flexibility index (Phi) is 7.90. The van der Waals surface area contributed by atoms with Crippen molar-refractivity contribution in [3.8, 4) is 11.5 Å². The highest BCUT2D eigenvalue weighted by molar-refractivity contribution is 6.39. The van der Waals surface area contributed by atoms with Crippen LogP contribution in [-0.4, -0.2) is 36.6 Å². The standard InChI is InChI=1S/C21H18Cl2F3N5O3/c1-33-14-7-13(18(22)20(34-2)19(14)23)27-9-17(32)31-16-8-15(28-10-29-16)30-12-5-3-4-11(6-12)21(24,25)26/h3-8,10,27H,9H2,1-2H3,(H2,28,29,30,31,32). The van der Waals surface area contributed by atoms with E-state index in [1.165, 1.54) is 38.5 Å². The quantitative estimate of drug-likeness (QED) is 0.358. The lowest BCUT2D eigenvalue weighted by atomic mass is 10.2. The van der Waals surface area contributed by atoms with Crippen LogP contribution in [0.3, 0.4) is 0 Å². The van der Waals surface area contributed by atoms with Crippen molar-refractivity contribution in [1.29, 1.82) is 0 Å². The van der Waals surface area contributed by atoms with Crippen LogP contribution in [0, 0.1) is 0 Å². The lowest BCUT2D eigenvalue weighted by Gasteiger charge is -2.15. The third-order valence-electron chi connectivity index (χ3n) is 4.39. The molecule has 1 aromatic heterocycles. The van der Waals surface area contributed by atoms with Gasteiger partial charge in [-0.1, -0.05) is 29.3 Å². The minimum atomic E-state index is -4.48. The topological polar surface area (TPSA) is 97.4 Å². The smallest absolute Gasteiger partial charge is 0.416 e. The first-order valence-electron chi connectivity index (χ1n) is 9.52. The summed E-state index contributed by atoms with van der Waals surface area (Å²) in [4.78, 5) is 20.3. The van der Waals surface area contributed by atoms with E-state index >= 15 is 0 Å². The number of anilines is 4. The highest BCUT2D eigenvalue weighted by Gasteiger charge is 2.30. The molecule has 180 valence electrons. The van der Waals surface area contributed by atoms with E-state index in [-0.39, 0.29) is 39.7 Å². The molecule has 0 atom stereocenters.